The van der Waals surface area contributed by atoms with Gasteiger partial charge in [0, 0.05) is 19.6 Å². The molecule has 4 nitrogen and oxygen atoms in total. The van der Waals surface area contributed by atoms with Crippen molar-refractivity contribution < 1.29 is 14.2 Å². The number of morpholine rings is 1. The lowest BCUT2D eigenvalue weighted by Gasteiger charge is -2.35. The van der Waals surface area contributed by atoms with Gasteiger partial charge in [-0.25, -0.2) is 4.39 Å². The molecular weight excluding hydrogens is 247 g/mol. The molecule has 0 radical (unpaired) electrons. The van der Waals surface area contributed by atoms with Gasteiger partial charge >= 0.3 is 0 Å². The molecule has 1 saturated heterocycles. The maximum atomic E-state index is 14.1. The van der Waals surface area contributed by atoms with Gasteiger partial charge in [-0.15, -0.1) is 0 Å². The fraction of sp³-hybridized carbons (Fsp3) is 0.571. The average molecular weight is 268 g/mol. The van der Waals surface area contributed by atoms with E-state index >= 15 is 0 Å². The number of anilines is 1. The lowest BCUT2D eigenvalue weighted by atomic mass is 10.1. The third kappa shape index (κ3) is 3.43. The number of halogens is 1. The minimum atomic E-state index is -0.236. The van der Waals surface area contributed by atoms with Crippen LogP contribution in [0.1, 0.15) is 12.5 Å². The Kier molecular flexibility index (Phi) is 5.13. The summed E-state index contributed by atoms with van der Waals surface area (Å²) in [7, 11) is 0. The first kappa shape index (κ1) is 14.2. The van der Waals surface area contributed by atoms with Crippen molar-refractivity contribution in [2.24, 2.45) is 0 Å². The van der Waals surface area contributed by atoms with Crippen LogP contribution in [0.5, 0.6) is 0 Å². The van der Waals surface area contributed by atoms with Crippen LogP contribution in [0, 0.1) is 5.82 Å². The highest BCUT2D eigenvalue weighted by molar-refractivity contribution is 5.55. The van der Waals surface area contributed by atoms with E-state index in [1.807, 2.05) is 17.9 Å². The second kappa shape index (κ2) is 6.84. The monoisotopic (exact) mass is 268 g/mol. The zero-order valence-corrected chi connectivity index (χ0v) is 11.2. The summed E-state index contributed by atoms with van der Waals surface area (Å²) in [5.74, 6) is -0.214. The van der Waals surface area contributed by atoms with Crippen LogP contribution in [0.2, 0.25) is 0 Å². The summed E-state index contributed by atoms with van der Waals surface area (Å²) in [5.41, 5.74) is 1.57. The van der Waals surface area contributed by atoms with Crippen molar-refractivity contribution in [3.8, 4) is 0 Å². The lowest BCUT2D eigenvalue weighted by Crippen LogP contribution is -2.45. The Balaban J connectivity index is 2.21. The fourth-order valence-corrected chi connectivity index (χ4v) is 2.35. The van der Waals surface area contributed by atoms with Crippen LogP contribution in [-0.2, 0) is 11.3 Å². The van der Waals surface area contributed by atoms with Crippen LogP contribution in [0.3, 0.4) is 0 Å². The predicted octanol–water partition coefficient (Wildman–Crippen LogP) is 1.13. The van der Waals surface area contributed by atoms with Crippen LogP contribution in [0.25, 0.3) is 0 Å². The molecule has 0 bridgehead atoms. The molecule has 5 heteroatoms. The van der Waals surface area contributed by atoms with Crippen LogP contribution < -0.4 is 10.2 Å². The lowest BCUT2D eigenvalue weighted by molar-refractivity contribution is 0.00336. The molecule has 2 rings (SSSR count). The van der Waals surface area contributed by atoms with E-state index in [4.69, 9.17) is 4.74 Å². The number of benzene rings is 1. The van der Waals surface area contributed by atoms with Crippen molar-refractivity contribution in [3.05, 3.63) is 29.6 Å². The van der Waals surface area contributed by atoms with E-state index in [0.717, 1.165) is 12.1 Å². The van der Waals surface area contributed by atoms with Crippen molar-refractivity contribution in [1.29, 1.82) is 0 Å². The maximum absolute atomic E-state index is 14.1. The second-order valence-electron chi connectivity index (χ2n) is 4.65. The predicted molar refractivity (Wildman–Crippen MR) is 72.8 cm³/mol. The summed E-state index contributed by atoms with van der Waals surface area (Å²) in [5, 5.41) is 12.4. The SMILES string of the molecule is CCNCc1cccc(F)c1N1CCOC(CO)C1. The van der Waals surface area contributed by atoms with Gasteiger partial charge in [0.1, 0.15) is 5.82 Å². The number of hydrogen-bond donors (Lipinski definition) is 2. The first-order valence-electron chi connectivity index (χ1n) is 6.71. The van der Waals surface area contributed by atoms with Crippen LogP contribution in [0.15, 0.2) is 18.2 Å². The molecule has 2 N–H and O–H groups in total. The second-order valence-corrected chi connectivity index (χ2v) is 4.65. The first-order valence-corrected chi connectivity index (χ1v) is 6.71. The van der Waals surface area contributed by atoms with Crippen LogP contribution >= 0.6 is 0 Å². The highest BCUT2D eigenvalue weighted by atomic mass is 19.1. The van der Waals surface area contributed by atoms with Crippen molar-refractivity contribution >= 4 is 5.69 Å². The standard InChI is InChI=1S/C14H21FN2O2/c1-2-16-8-11-4-3-5-13(15)14(11)17-6-7-19-12(9-17)10-18/h3-5,12,16,18H,2,6-10H2,1H3. The van der Waals surface area contributed by atoms with Gasteiger partial charge in [0.2, 0.25) is 0 Å². The molecular formula is C14H21FN2O2. The fourth-order valence-electron chi connectivity index (χ4n) is 2.35. The topological polar surface area (TPSA) is 44.7 Å². The number of nitrogens with zero attached hydrogens (tertiary/aromatic N) is 1. The Hall–Kier alpha value is -1.17. The van der Waals surface area contributed by atoms with Crippen molar-refractivity contribution in [3.63, 3.8) is 0 Å². The summed E-state index contributed by atoms with van der Waals surface area (Å²) in [4.78, 5) is 1.96. The van der Waals surface area contributed by atoms with Crippen LogP contribution in [-0.4, -0.2) is 44.1 Å². The average Bonchev–Trinajstić information content (AvgIpc) is 2.45. The Morgan fingerprint density at radius 3 is 3.11 bits per heavy atom. The summed E-state index contributed by atoms with van der Waals surface area (Å²) >= 11 is 0. The van der Waals surface area contributed by atoms with Crippen molar-refractivity contribution in [1.82, 2.24) is 5.32 Å². The number of nitrogens with one attached hydrogen (secondary N) is 1. The van der Waals surface area contributed by atoms with Gasteiger partial charge in [-0.3, -0.25) is 0 Å². The largest absolute Gasteiger partial charge is 0.394 e. The number of para-hydroxylation sites is 1. The number of aliphatic hydroxyl groups excluding tert-OH is 1. The molecule has 0 aliphatic carbocycles. The summed E-state index contributed by atoms with van der Waals surface area (Å²) < 4.78 is 19.5. The van der Waals surface area contributed by atoms with Gasteiger partial charge in [-0.1, -0.05) is 19.1 Å². The van der Waals surface area contributed by atoms with Crippen molar-refractivity contribution in [2.45, 2.75) is 19.6 Å². The summed E-state index contributed by atoms with van der Waals surface area (Å²) in [6.07, 6.45) is -0.236. The van der Waals surface area contributed by atoms with Gasteiger partial charge in [0.25, 0.3) is 0 Å². The first-order chi connectivity index (χ1) is 9.26. The summed E-state index contributed by atoms with van der Waals surface area (Å²) in [6, 6.07) is 5.15. The van der Waals surface area contributed by atoms with Gasteiger partial charge in [0.05, 0.1) is 25.0 Å². The summed E-state index contributed by atoms with van der Waals surface area (Å²) in [6.45, 7) is 5.17. The zero-order chi connectivity index (χ0) is 13.7. The molecule has 1 aliphatic rings. The molecule has 106 valence electrons. The molecule has 19 heavy (non-hydrogen) atoms. The van der Waals surface area contributed by atoms with E-state index in [2.05, 4.69) is 5.32 Å². The van der Waals surface area contributed by atoms with Gasteiger partial charge in [0.15, 0.2) is 0 Å². The molecule has 0 aromatic heterocycles. The minimum absolute atomic E-state index is 0.0342. The quantitative estimate of drug-likeness (QED) is 0.840. The molecule has 1 unspecified atom stereocenters. The molecule has 0 amide bonds. The Labute approximate surface area is 113 Å². The van der Waals surface area contributed by atoms with Crippen LogP contribution in [0.4, 0.5) is 10.1 Å². The number of rotatable bonds is 5. The highest BCUT2D eigenvalue weighted by Gasteiger charge is 2.23. The van der Waals surface area contributed by atoms with E-state index in [1.54, 1.807) is 6.07 Å². The maximum Gasteiger partial charge on any atom is 0.146 e. The van der Waals surface area contributed by atoms with E-state index in [1.165, 1.54) is 6.07 Å². The van der Waals surface area contributed by atoms with Gasteiger partial charge in [-0.2, -0.15) is 0 Å². The molecule has 1 aromatic carbocycles. The smallest absolute Gasteiger partial charge is 0.146 e. The third-order valence-electron chi connectivity index (χ3n) is 3.29. The third-order valence-corrected chi connectivity index (χ3v) is 3.29. The minimum Gasteiger partial charge on any atom is -0.394 e. The molecule has 1 atom stereocenters. The van der Waals surface area contributed by atoms with Gasteiger partial charge in [-0.05, 0) is 18.2 Å². The molecule has 1 heterocycles. The Morgan fingerprint density at radius 2 is 2.37 bits per heavy atom. The molecule has 0 saturated carbocycles. The molecule has 1 aliphatic heterocycles. The molecule has 0 spiro atoms. The normalized spacial score (nSPS) is 19.7. The highest BCUT2D eigenvalue weighted by Crippen LogP contribution is 2.26. The van der Waals surface area contributed by atoms with E-state index in [0.29, 0.717) is 31.9 Å². The van der Waals surface area contributed by atoms with E-state index < -0.39 is 0 Å². The number of ether oxygens (including phenoxy) is 1. The Bertz CT molecular complexity index is 414. The number of aliphatic hydroxyl groups is 1. The molecule has 1 aromatic rings. The Morgan fingerprint density at radius 1 is 1.53 bits per heavy atom. The van der Waals surface area contributed by atoms with E-state index in [9.17, 15) is 9.50 Å². The van der Waals surface area contributed by atoms with Gasteiger partial charge < -0.3 is 20.1 Å². The molecule has 1 fully saturated rings. The number of hydrogen-bond acceptors (Lipinski definition) is 4. The van der Waals surface area contributed by atoms with Crippen molar-refractivity contribution in [2.75, 3.05) is 37.7 Å². The van der Waals surface area contributed by atoms with E-state index in [-0.39, 0.29) is 18.5 Å². The zero-order valence-electron chi connectivity index (χ0n) is 11.2.